The quantitative estimate of drug-likeness (QED) is 0.669. The molecule has 9 heteroatoms. The maximum atomic E-state index is 11.9. The molecule has 26 heavy (non-hydrogen) atoms. The van der Waals surface area contributed by atoms with Crippen LogP contribution in [0.1, 0.15) is 48.8 Å². The van der Waals surface area contributed by atoms with Crippen LogP contribution in [0.2, 0.25) is 0 Å². The predicted octanol–water partition coefficient (Wildman–Crippen LogP) is 2.13. The number of nitrogens with two attached hydrogens (primary N) is 1. The molecule has 140 valence electrons. The molecule has 2 aromatic heterocycles. The van der Waals surface area contributed by atoms with Crippen LogP contribution in [0, 0.1) is 0 Å². The summed E-state index contributed by atoms with van der Waals surface area (Å²) in [4.78, 5) is 23.9. The van der Waals surface area contributed by atoms with Crippen molar-refractivity contribution in [1.29, 1.82) is 0 Å². The van der Waals surface area contributed by atoms with Gasteiger partial charge in [0.25, 0.3) is 0 Å². The molecule has 0 aliphatic heterocycles. The van der Waals surface area contributed by atoms with E-state index in [1.54, 1.807) is 11.3 Å². The van der Waals surface area contributed by atoms with Crippen molar-refractivity contribution in [1.82, 2.24) is 20.1 Å². The van der Waals surface area contributed by atoms with Gasteiger partial charge in [0, 0.05) is 17.3 Å². The first-order valence-corrected chi connectivity index (χ1v) is 10.6. The van der Waals surface area contributed by atoms with Crippen LogP contribution in [0.15, 0.2) is 22.7 Å². The first kappa shape index (κ1) is 18.9. The molecule has 1 fully saturated rings. The first-order chi connectivity index (χ1) is 12.6. The molecule has 1 aliphatic carbocycles. The number of amides is 2. The number of nitrogens with zero attached hydrogens (tertiary/aromatic N) is 3. The first-order valence-electron chi connectivity index (χ1n) is 8.77. The van der Waals surface area contributed by atoms with Crippen molar-refractivity contribution >= 4 is 34.9 Å². The van der Waals surface area contributed by atoms with Gasteiger partial charge in [0.1, 0.15) is 5.82 Å². The third-order valence-corrected chi connectivity index (χ3v) is 6.20. The molecule has 2 aromatic rings. The van der Waals surface area contributed by atoms with Crippen LogP contribution >= 0.6 is 23.1 Å². The fraction of sp³-hybridized carbons (Fsp3) is 0.529. The maximum absolute atomic E-state index is 11.9. The lowest BCUT2D eigenvalue weighted by molar-refractivity contribution is -0.123. The van der Waals surface area contributed by atoms with Crippen molar-refractivity contribution in [2.45, 2.75) is 49.7 Å². The van der Waals surface area contributed by atoms with E-state index in [0.717, 1.165) is 30.2 Å². The molecule has 3 rings (SSSR count). The van der Waals surface area contributed by atoms with Gasteiger partial charge in [-0.05, 0) is 24.3 Å². The van der Waals surface area contributed by atoms with Crippen LogP contribution < -0.4 is 11.1 Å². The minimum absolute atomic E-state index is 0.141. The van der Waals surface area contributed by atoms with Gasteiger partial charge in [-0.2, -0.15) is 0 Å². The number of nitrogens with one attached hydrogen (secondary N) is 1. The molecule has 0 radical (unpaired) electrons. The number of carbonyl (C=O) groups excluding carboxylic acids is 2. The van der Waals surface area contributed by atoms with Gasteiger partial charge in [-0.25, -0.2) is 0 Å². The molecule has 1 saturated carbocycles. The van der Waals surface area contributed by atoms with E-state index >= 15 is 0 Å². The van der Waals surface area contributed by atoms with Crippen LogP contribution in [0.4, 0.5) is 0 Å². The summed E-state index contributed by atoms with van der Waals surface area (Å²) in [5.41, 5.74) is 5.05. The van der Waals surface area contributed by atoms with Crippen LogP contribution in [-0.4, -0.2) is 38.9 Å². The van der Waals surface area contributed by atoms with Gasteiger partial charge in [0.05, 0.1) is 12.3 Å². The van der Waals surface area contributed by atoms with Crippen molar-refractivity contribution in [2.24, 2.45) is 5.73 Å². The molecule has 0 spiro atoms. The van der Waals surface area contributed by atoms with Crippen molar-refractivity contribution in [3.63, 3.8) is 0 Å². The predicted molar refractivity (Wildman–Crippen MR) is 102 cm³/mol. The van der Waals surface area contributed by atoms with Crippen molar-refractivity contribution in [3.8, 4) is 0 Å². The lowest BCUT2D eigenvalue weighted by atomic mass is 9.95. The van der Waals surface area contributed by atoms with E-state index in [4.69, 9.17) is 5.73 Å². The van der Waals surface area contributed by atoms with Gasteiger partial charge in [0.15, 0.2) is 5.16 Å². The molecule has 0 bridgehead atoms. The maximum Gasteiger partial charge on any atom is 0.236 e. The number of hydrogen-bond donors (Lipinski definition) is 2. The zero-order chi connectivity index (χ0) is 18.4. The molecule has 2 heterocycles. The summed E-state index contributed by atoms with van der Waals surface area (Å²) in [7, 11) is 0. The van der Waals surface area contributed by atoms with E-state index in [-0.39, 0.29) is 18.2 Å². The second-order valence-corrected chi connectivity index (χ2v) is 8.32. The lowest BCUT2D eigenvalue weighted by Crippen LogP contribution is -2.34. The number of thioether (sulfide) groups is 1. The summed E-state index contributed by atoms with van der Waals surface area (Å²) in [6.45, 7) is -0.141. The number of carbonyl (C=O) groups is 2. The van der Waals surface area contributed by atoms with E-state index in [0.29, 0.717) is 6.04 Å². The number of primary amides is 1. The fourth-order valence-corrected chi connectivity index (χ4v) is 4.72. The van der Waals surface area contributed by atoms with Gasteiger partial charge < -0.3 is 15.6 Å². The van der Waals surface area contributed by atoms with Crippen LogP contribution in [0.5, 0.6) is 0 Å². The fourth-order valence-electron chi connectivity index (χ4n) is 3.17. The number of thiophene rings is 1. The van der Waals surface area contributed by atoms with Gasteiger partial charge in [-0.1, -0.05) is 37.1 Å². The summed E-state index contributed by atoms with van der Waals surface area (Å²) in [5.74, 6) is 0.370. The minimum Gasteiger partial charge on any atom is -0.368 e. The van der Waals surface area contributed by atoms with E-state index in [9.17, 15) is 9.59 Å². The van der Waals surface area contributed by atoms with E-state index < -0.39 is 5.91 Å². The largest absolute Gasteiger partial charge is 0.368 e. The summed E-state index contributed by atoms with van der Waals surface area (Å²) in [6, 6.07) is 4.54. The molecular weight excluding hydrogens is 370 g/mol. The van der Waals surface area contributed by atoms with Gasteiger partial charge >= 0.3 is 0 Å². The minimum atomic E-state index is -0.549. The average Bonchev–Trinajstić information content (AvgIpc) is 3.29. The van der Waals surface area contributed by atoms with Gasteiger partial charge in [-0.15, -0.1) is 21.5 Å². The molecule has 0 saturated heterocycles. The number of rotatable bonds is 8. The Hall–Kier alpha value is -1.87. The summed E-state index contributed by atoms with van der Waals surface area (Å²) >= 11 is 3.08. The summed E-state index contributed by atoms with van der Waals surface area (Å²) in [6.07, 6.45) is 6.70. The highest BCUT2D eigenvalue weighted by molar-refractivity contribution is 7.99. The second kappa shape index (κ2) is 9.18. The van der Waals surface area contributed by atoms with E-state index in [1.165, 1.54) is 35.9 Å². The Morgan fingerprint density at radius 1 is 1.31 bits per heavy atom. The highest BCUT2D eigenvalue weighted by Crippen LogP contribution is 2.33. The second-order valence-electron chi connectivity index (χ2n) is 6.35. The molecular formula is C17H23N5O2S2. The SMILES string of the molecule is NC(=O)CNC(=O)CSc1nnc(Cc2cccs2)n1C1CCCCC1. The molecule has 0 aromatic carbocycles. The monoisotopic (exact) mass is 393 g/mol. The number of hydrogen-bond acceptors (Lipinski definition) is 6. The Labute approximate surface area is 160 Å². The highest BCUT2D eigenvalue weighted by atomic mass is 32.2. The van der Waals surface area contributed by atoms with Crippen molar-refractivity contribution < 1.29 is 9.59 Å². The van der Waals surface area contributed by atoms with Gasteiger partial charge in [0.2, 0.25) is 11.8 Å². The average molecular weight is 394 g/mol. The molecule has 2 amide bonds. The summed E-state index contributed by atoms with van der Waals surface area (Å²) < 4.78 is 2.23. The smallest absolute Gasteiger partial charge is 0.236 e. The topological polar surface area (TPSA) is 103 Å². The molecule has 1 aliphatic rings. The Kier molecular flexibility index (Phi) is 6.67. The molecule has 0 unspecified atom stereocenters. The van der Waals surface area contributed by atoms with Gasteiger partial charge in [-0.3, -0.25) is 9.59 Å². The lowest BCUT2D eigenvalue weighted by Gasteiger charge is -2.25. The third kappa shape index (κ3) is 5.07. The molecule has 0 atom stereocenters. The van der Waals surface area contributed by atoms with Crippen LogP contribution in [0.25, 0.3) is 0 Å². The Morgan fingerprint density at radius 2 is 2.12 bits per heavy atom. The zero-order valence-corrected chi connectivity index (χ0v) is 16.2. The zero-order valence-electron chi connectivity index (χ0n) is 14.5. The Morgan fingerprint density at radius 3 is 2.81 bits per heavy atom. The standard InChI is InChI=1S/C17H23N5O2S2/c18-14(23)10-19-16(24)11-26-17-21-20-15(9-13-7-4-8-25-13)22(17)12-5-2-1-3-6-12/h4,7-8,12H,1-3,5-6,9-11H2,(H2,18,23)(H,19,24). The Balaban J connectivity index is 1.72. The van der Waals surface area contributed by atoms with Crippen molar-refractivity contribution in [3.05, 3.63) is 28.2 Å². The van der Waals surface area contributed by atoms with Crippen LogP contribution in [-0.2, 0) is 16.0 Å². The van der Waals surface area contributed by atoms with Crippen molar-refractivity contribution in [2.75, 3.05) is 12.3 Å². The third-order valence-electron chi connectivity index (χ3n) is 4.38. The summed E-state index contributed by atoms with van der Waals surface area (Å²) in [5, 5.41) is 14.1. The number of aromatic nitrogens is 3. The molecule has 7 nitrogen and oxygen atoms in total. The van der Waals surface area contributed by atoms with Crippen LogP contribution in [0.3, 0.4) is 0 Å². The van der Waals surface area contributed by atoms with E-state index in [1.807, 2.05) is 6.07 Å². The highest BCUT2D eigenvalue weighted by Gasteiger charge is 2.23. The van der Waals surface area contributed by atoms with E-state index in [2.05, 4.69) is 31.5 Å². The normalized spacial score (nSPS) is 15.1. The Bertz CT molecular complexity index is 738. The molecule has 3 N–H and O–H groups in total.